The Morgan fingerprint density at radius 3 is 2.87 bits per heavy atom. The van der Waals surface area contributed by atoms with Crippen LogP contribution in [0.5, 0.6) is 0 Å². The van der Waals surface area contributed by atoms with Crippen molar-refractivity contribution in [1.29, 1.82) is 0 Å². The molecule has 0 fully saturated rings. The van der Waals surface area contributed by atoms with Gasteiger partial charge in [0.25, 0.3) is 5.69 Å². The van der Waals surface area contributed by atoms with E-state index in [1.807, 2.05) is 0 Å². The van der Waals surface area contributed by atoms with E-state index in [4.69, 9.17) is 5.11 Å². The Labute approximate surface area is 95.4 Å². The molecule has 0 unspecified atom stereocenters. The van der Waals surface area contributed by atoms with Gasteiger partial charge in [0.2, 0.25) is 0 Å². The molecule has 0 aliphatic rings. The van der Waals surface area contributed by atoms with Crippen molar-refractivity contribution in [2.45, 2.75) is 6.54 Å². The van der Waals surface area contributed by atoms with Crippen molar-refractivity contribution >= 4 is 21.6 Å². The highest BCUT2D eigenvalue weighted by Crippen LogP contribution is 2.22. The Kier molecular flexibility index (Phi) is 4.67. The van der Waals surface area contributed by atoms with Crippen molar-refractivity contribution < 1.29 is 10.0 Å². The monoisotopic (exact) mass is 274 g/mol. The second-order valence-electron chi connectivity index (χ2n) is 2.93. The van der Waals surface area contributed by atoms with Gasteiger partial charge in [-0.05, 0) is 12.1 Å². The van der Waals surface area contributed by atoms with Gasteiger partial charge in [-0.1, -0.05) is 15.9 Å². The summed E-state index contributed by atoms with van der Waals surface area (Å²) in [6.07, 6.45) is 0. The maximum absolute atomic E-state index is 10.7. The number of aliphatic hydroxyl groups excluding tert-OH is 1. The molecule has 0 saturated heterocycles. The van der Waals surface area contributed by atoms with Crippen LogP contribution in [0, 0.1) is 10.1 Å². The van der Waals surface area contributed by atoms with Crippen LogP contribution in [-0.4, -0.2) is 23.2 Å². The largest absolute Gasteiger partial charge is 0.395 e. The van der Waals surface area contributed by atoms with Crippen molar-refractivity contribution in [3.05, 3.63) is 38.3 Å². The predicted molar refractivity (Wildman–Crippen MR) is 59.6 cm³/mol. The van der Waals surface area contributed by atoms with Gasteiger partial charge in [-0.2, -0.15) is 0 Å². The van der Waals surface area contributed by atoms with Crippen molar-refractivity contribution in [3.63, 3.8) is 0 Å². The van der Waals surface area contributed by atoms with Crippen molar-refractivity contribution in [2.24, 2.45) is 0 Å². The highest BCUT2D eigenvalue weighted by Gasteiger charge is 2.12. The van der Waals surface area contributed by atoms with Gasteiger partial charge >= 0.3 is 0 Å². The number of nitrogens with one attached hydrogen (secondary N) is 1. The van der Waals surface area contributed by atoms with Gasteiger partial charge in [-0.3, -0.25) is 10.1 Å². The number of nitro groups is 1. The lowest BCUT2D eigenvalue weighted by molar-refractivity contribution is -0.385. The number of rotatable bonds is 5. The van der Waals surface area contributed by atoms with Gasteiger partial charge < -0.3 is 10.4 Å². The quantitative estimate of drug-likeness (QED) is 0.484. The molecule has 1 aromatic rings. The van der Waals surface area contributed by atoms with Gasteiger partial charge in [-0.15, -0.1) is 0 Å². The molecule has 15 heavy (non-hydrogen) atoms. The standard InChI is InChI=1S/C9H11BrN2O3/c10-8-1-2-9(12(14)15)7(5-8)6-11-3-4-13/h1-2,5,11,13H,3-4,6H2. The number of nitro benzene ring substituents is 1. The summed E-state index contributed by atoms with van der Waals surface area (Å²) in [5.74, 6) is 0. The van der Waals surface area contributed by atoms with Crippen LogP contribution in [0.4, 0.5) is 5.69 Å². The van der Waals surface area contributed by atoms with Crippen molar-refractivity contribution in [2.75, 3.05) is 13.2 Å². The Morgan fingerprint density at radius 2 is 2.27 bits per heavy atom. The van der Waals surface area contributed by atoms with Gasteiger partial charge in [0, 0.05) is 29.2 Å². The number of aliphatic hydroxyl groups is 1. The Balaban J connectivity index is 2.82. The van der Waals surface area contributed by atoms with Gasteiger partial charge in [0.15, 0.2) is 0 Å². The molecule has 82 valence electrons. The van der Waals surface area contributed by atoms with Crippen molar-refractivity contribution in [1.82, 2.24) is 5.32 Å². The summed E-state index contributed by atoms with van der Waals surface area (Å²) in [6, 6.07) is 4.79. The van der Waals surface area contributed by atoms with Crippen LogP contribution in [0.15, 0.2) is 22.7 Å². The number of hydrogen-bond donors (Lipinski definition) is 2. The third-order valence-electron chi connectivity index (χ3n) is 1.84. The van der Waals surface area contributed by atoms with E-state index in [9.17, 15) is 10.1 Å². The fourth-order valence-corrected chi connectivity index (χ4v) is 1.58. The molecular formula is C9H11BrN2O3. The Morgan fingerprint density at radius 1 is 1.53 bits per heavy atom. The molecule has 0 atom stereocenters. The zero-order valence-corrected chi connectivity index (χ0v) is 9.53. The first-order chi connectivity index (χ1) is 7.15. The summed E-state index contributed by atoms with van der Waals surface area (Å²) in [6.45, 7) is 0.807. The lowest BCUT2D eigenvalue weighted by Crippen LogP contribution is -2.18. The fraction of sp³-hybridized carbons (Fsp3) is 0.333. The number of benzene rings is 1. The van der Waals surface area contributed by atoms with E-state index in [2.05, 4.69) is 21.2 Å². The van der Waals surface area contributed by atoms with Crippen LogP contribution in [0.1, 0.15) is 5.56 Å². The van der Waals surface area contributed by atoms with E-state index >= 15 is 0 Å². The van der Waals surface area contributed by atoms with E-state index < -0.39 is 4.92 Å². The minimum atomic E-state index is -0.414. The van der Waals surface area contributed by atoms with Gasteiger partial charge in [0.1, 0.15) is 0 Å². The topological polar surface area (TPSA) is 75.4 Å². The van der Waals surface area contributed by atoms with Crippen LogP contribution in [0.2, 0.25) is 0 Å². The van der Waals surface area contributed by atoms with Crippen molar-refractivity contribution in [3.8, 4) is 0 Å². The smallest absolute Gasteiger partial charge is 0.273 e. The van der Waals surface area contributed by atoms with E-state index in [1.54, 1.807) is 12.1 Å². The second kappa shape index (κ2) is 5.79. The van der Waals surface area contributed by atoms with E-state index in [0.29, 0.717) is 18.7 Å². The molecule has 0 saturated carbocycles. The van der Waals surface area contributed by atoms with Crippen LogP contribution >= 0.6 is 15.9 Å². The van der Waals surface area contributed by atoms with Crippen LogP contribution in [0.25, 0.3) is 0 Å². The molecule has 0 bridgehead atoms. The van der Waals surface area contributed by atoms with Gasteiger partial charge in [-0.25, -0.2) is 0 Å². The first-order valence-corrected chi connectivity index (χ1v) is 5.19. The van der Waals surface area contributed by atoms with E-state index in [-0.39, 0.29) is 12.3 Å². The first-order valence-electron chi connectivity index (χ1n) is 4.39. The zero-order valence-electron chi connectivity index (χ0n) is 7.94. The summed E-state index contributed by atoms with van der Waals surface area (Å²) in [4.78, 5) is 10.3. The maximum atomic E-state index is 10.7. The van der Waals surface area contributed by atoms with Crippen LogP contribution in [0.3, 0.4) is 0 Å². The molecule has 5 nitrogen and oxygen atoms in total. The highest BCUT2D eigenvalue weighted by molar-refractivity contribution is 9.10. The normalized spacial score (nSPS) is 10.3. The molecule has 0 aromatic heterocycles. The highest BCUT2D eigenvalue weighted by atomic mass is 79.9. The Hall–Kier alpha value is -0.980. The summed E-state index contributed by atoms with van der Waals surface area (Å²) in [7, 11) is 0. The zero-order chi connectivity index (χ0) is 11.3. The summed E-state index contributed by atoms with van der Waals surface area (Å²) < 4.78 is 0.800. The maximum Gasteiger partial charge on any atom is 0.273 e. The third-order valence-corrected chi connectivity index (χ3v) is 2.34. The third kappa shape index (κ3) is 3.58. The van der Waals surface area contributed by atoms with Gasteiger partial charge in [0.05, 0.1) is 11.5 Å². The molecule has 6 heteroatoms. The molecular weight excluding hydrogens is 264 g/mol. The molecule has 0 radical (unpaired) electrons. The summed E-state index contributed by atoms with van der Waals surface area (Å²) in [5, 5.41) is 22.1. The van der Waals surface area contributed by atoms with Crippen LogP contribution in [-0.2, 0) is 6.54 Å². The second-order valence-corrected chi connectivity index (χ2v) is 3.85. The molecule has 1 rings (SSSR count). The summed E-state index contributed by atoms with van der Waals surface area (Å²) >= 11 is 3.25. The number of hydrogen-bond acceptors (Lipinski definition) is 4. The lowest BCUT2D eigenvalue weighted by Gasteiger charge is -2.04. The minimum absolute atomic E-state index is 0.0157. The number of nitrogens with zero attached hydrogens (tertiary/aromatic N) is 1. The predicted octanol–water partition coefficient (Wildman–Crippen LogP) is 1.44. The molecule has 2 N–H and O–H groups in total. The molecule has 0 aliphatic carbocycles. The fourth-order valence-electron chi connectivity index (χ4n) is 1.18. The lowest BCUT2D eigenvalue weighted by atomic mass is 10.2. The average Bonchev–Trinajstić information content (AvgIpc) is 2.18. The average molecular weight is 275 g/mol. The molecule has 0 spiro atoms. The Bertz CT molecular complexity index is 357. The molecule has 0 aliphatic heterocycles. The number of halogens is 1. The van der Waals surface area contributed by atoms with Crippen LogP contribution < -0.4 is 5.32 Å². The SMILES string of the molecule is O=[N+]([O-])c1ccc(Br)cc1CNCCO. The molecule has 0 heterocycles. The van der Waals surface area contributed by atoms with E-state index in [1.165, 1.54) is 6.07 Å². The minimum Gasteiger partial charge on any atom is -0.395 e. The molecule has 1 aromatic carbocycles. The summed E-state index contributed by atoms with van der Waals surface area (Å²) in [5.41, 5.74) is 0.687. The molecule has 0 amide bonds. The van der Waals surface area contributed by atoms with E-state index in [0.717, 1.165) is 4.47 Å². The first kappa shape index (κ1) is 12.1.